The summed E-state index contributed by atoms with van der Waals surface area (Å²) in [7, 11) is 1.70. The van der Waals surface area contributed by atoms with Crippen molar-refractivity contribution in [1.29, 1.82) is 0 Å². The molecular formula is C14H17NOS. The highest BCUT2D eigenvalue weighted by atomic mass is 32.1. The second-order valence-corrected chi connectivity index (χ2v) is 4.89. The highest BCUT2D eigenvalue weighted by Gasteiger charge is 1.96. The third kappa shape index (κ3) is 3.88. The molecule has 17 heavy (non-hydrogen) atoms. The summed E-state index contributed by atoms with van der Waals surface area (Å²) >= 11 is 1.79. The van der Waals surface area contributed by atoms with Crippen molar-refractivity contribution in [2.45, 2.75) is 13.0 Å². The fourth-order valence-corrected chi connectivity index (χ4v) is 2.36. The zero-order valence-electron chi connectivity index (χ0n) is 9.98. The summed E-state index contributed by atoms with van der Waals surface area (Å²) in [6.07, 6.45) is 1.03. The minimum absolute atomic E-state index is 0.931. The van der Waals surface area contributed by atoms with E-state index in [1.807, 2.05) is 12.1 Å². The van der Waals surface area contributed by atoms with Gasteiger partial charge < -0.3 is 10.1 Å². The number of ether oxygens (including phenoxy) is 1. The molecule has 90 valence electrons. The molecule has 1 N–H and O–H groups in total. The molecule has 0 saturated heterocycles. The molecule has 0 aliphatic rings. The molecule has 1 aromatic heterocycles. The largest absolute Gasteiger partial charge is 0.497 e. The van der Waals surface area contributed by atoms with Crippen molar-refractivity contribution >= 4 is 11.3 Å². The predicted molar refractivity (Wildman–Crippen MR) is 72.7 cm³/mol. The van der Waals surface area contributed by atoms with E-state index in [0.717, 1.165) is 25.3 Å². The number of nitrogens with one attached hydrogen (secondary N) is 1. The van der Waals surface area contributed by atoms with Crippen molar-refractivity contribution in [2.75, 3.05) is 13.7 Å². The van der Waals surface area contributed by atoms with Crippen LogP contribution in [0.15, 0.2) is 41.8 Å². The predicted octanol–water partition coefficient (Wildman–Crippen LogP) is 3.09. The van der Waals surface area contributed by atoms with Crippen molar-refractivity contribution in [3.63, 3.8) is 0 Å². The van der Waals surface area contributed by atoms with Crippen LogP contribution < -0.4 is 10.1 Å². The first kappa shape index (κ1) is 12.1. The molecule has 0 unspecified atom stereocenters. The van der Waals surface area contributed by atoms with E-state index in [1.54, 1.807) is 18.4 Å². The van der Waals surface area contributed by atoms with E-state index in [9.17, 15) is 0 Å². The maximum absolute atomic E-state index is 5.20. The van der Waals surface area contributed by atoms with E-state index < -0.39 is 0 Å². The van der Waals surface area contributed by atoms with Gasteiger partial charge in [-0.25, -0.2) is 0 Å². The molecule has 0 aliphatic carbocycles. The lowest BCUT2D eigenvalue weighted by Gasteiger charge is -2.05. The Morgan fingerprint density at radius 1 is 1.24 bits per heavy atom. The van der Waals surface area contributed by atoms with Gasteiger partial charge in [-0.2, -0.15) is 0 Å². The van der Waals surface area contributed by atoms with Gasteiger partial charge in [0.25, 0.3) is 0 Å². The van der Waals surface area contributed by atoms with E-state index >= 15 is 0 Å². The van der Waals surface area contributed by atoms with Gasteiger partial charge in [0.15, 0.2) is 0 Å². The Labute approximate surface area is 106 Å². The Bertz CT molecular complexity index is 439. The minimum Gasteiger partial charge on any atom is -0.497 e. The van der Waals surface area contributed by atoms with Crippen LogP contribution in [0.3, 0.4) is 0 Å². The molecule has 2 aromatic rings. The molecule has 0 aliphatic heterocycles. The van der Waals surface area contributed by atoms with Gasteiger partial charge in [-0.05, 0) is 42.1 Å². The van der Waals surface area contributed by atoms with Gasteiger partial charge >= 0.3 is 0 Å². The van der Waals surface area contributed by atoms with Crippen LogP contribution in [-0.2, 0) is 13.0 Å². The Balaban J connectivity index is 1.74. The molecule has 0 bridgehead atoms. The van der Waals surface area contributed by atoms with Crippen LogP contribution >= 0.6 is 11.3 Å². The standard InChI is InChI=1S/C14H17NOS/c1-16-13-5-2-4-12(10-13)7-8-15-11-14-6-3-9-17-14/h2-6,9-10,15H,7-8,11H2,1H3. The first-order valence-electron chi connectivity index (χ1n) is 5.74. The summed E-state index contributed by atoms with van der Waals surface area (Å²) in [5.74, 6) is 0.931. The number of methoxy groups -OCH3 is 1. The minimum atomic E-state index is 0.931. The third-order valence-electron chi connectivity index (χ3n) is 2.60. The highest BCUT2D eigenvalue weighted by molar-refractivity contribution is 7.09. The van der Waals surface area contributed by atoms with Crippen LogP contribution in [0.2, 0.25) is 0 Å². The van der Waals surface area contributed by atoms with Gasteiger partial charge in [0.1, 0.15) is 5.75 Å². The van der Waals surface area contributed by atoms with Gasteiger partial charge in [-0.1, -0.05) is 18.2 Å². The van der Waals surface area contributed by atoms with Gasteiger partial charge in [0.2, 0.25) is 0 Å². The highest BCUT2D eigenvalue weighted by Crippen LogP contribution is 2.12. The van der Waals surface area contributed by atoms with Crippen molar-refractivity contribution in [3.05, 3.63) is 52.2 Å². The van der Waals surface area contributed by atoms with E-state index in [4.69, 9.17) is 4.74 Å². The summed E-state index contributed by atoms with van der Waals surface area (Å²) in [6.45, 7) is 1.95. The first-order valence-corrected chi connectivity index (χ1v) is 6.62. The van der Waals surface area contributed by atoms with Crippen molar-refractivity contribution in [2.24, 2.45) is 0 Å². The van der Waals surface area contributed by atoms with E-state index in [0.29, 0.717) is 0 Å². The molecular weight excluding hydrogens is 230 g/mol. The average Bonchev–Trinajstić information content (AvgIpc) is 2.88. The maximum atomic E-state index is 5.20. The number of thiophene rings is 1. The van der Waals surface area contributed by atoms with Gasteiger partial charge in [-0.3, -0.25) is 0 Å². The molecule has 0 spiro atoms. The Hall–Kier alpha value is -1.32. The lowest BCUT2D eigenvalue weighted by atomic mass is 10.1. The van der Waals surface area contributed by atoms with Crippen LogP contribution in [0.4, 0.5) is 0 Å². The summed E-state index contributed by atoms with van der Waals surface area (Å²) in [4.78, 5) is 1.38. The molecule has 2 rings (SSSR count). The van der Waals surface area contributed by atoms with Gasteiger partial charge in [0, 0.05) is 11.4 Å². The Kier molecular flexibility index (Phi) is 4.59. The van der Waals surface area contributed by atoms with Crippen LogP contribution in [0.5, 0.6) is 5.75 Å². The molecule has 2 nitrogen and oxygen atoms in total. The first-order chi connectivity index (χ1) is 8.38. The second kappa shape index (κ2) is 6.42. The van der Waals surface area contributed by atoms with Gasteiger partial charge in [0.05, 0.1) is 7.11 Å². The zero-order valence-corrected chi connectivity index (χ0v) is 10.8. The molecule has 3 heteroatoms. The normalized spacial score (nSPS) is 10.4. The van der Waals surface area contributed by atoms with Crippen LogP contribution in [0.1, 0.15) is 10.4 Å². The number of benzene rings is 1. The molecule has 1 heterocycles. The molecule has 0 fully saturated rings. The van der Waals surface area contributed by atoms with Crippen LogP contribution in [0, 0.1) is 0 Å². The van der Waals surface area contributed by atoms with Crippen LogP contribution in [0.25, 0.3) is 0 Å². The summed E-state index contributed by atoms with van der Waals surface area (Å²) in [5.41, 5.74) is 1.31. The molecule has 0 radical (unpaired) electrons. The molecule has 1 aromatic carbocycles. The second-order valence-electron chi connectivity index (χ2n) is 3.86. The van der Waals surface area contributed by atoms with E-state index in [2.05, 4.69) is 35.0 Å². The third-order valence-corrected chi connectivity index (χ3v) is 3.48. The zero-order chi connectivity index (χ0) is 11.9. The lowest BCUT2D eigenvalue weighted by molar-refractivity contribution is 0.414. The van der Waals surface area contributed by atoms with Crippen LogP contribution in [-0.4, -0.2) is 13.7 Å². The van der Waals surface area contributed by atoms with E-state index in [1.165, 1.54) is 10.4 Å². The molecule has 0 saturated carbocycles. The van der Waals surface area contributed by atoms with Crippen molar-refractivity contribution < 1.29 is 4.74 Å². The SMILES string of the molecule is COc1cccc(CCNCc2cccs2)c1. The number of hydrogen-bond donors (Lipinski definition) is 1. The fourth-order valence-electron chi connectivity index (χ4n) is 1.69. The maximum Gasteiger partial charge on any atom is 0.119 e. The number of hydrogen-bond acceptors (Lipinski definition) is 3. The van der Waals surface area contributed by atoms with Crippen molar-refractivity contribution in [3.8, 4) is 5.75 Å². The van der Waals surface area contributed by atoms with Gasteiger partial charge in [-0.15, -0.1) is 11.3 Å². The Morgan fingerprint density at radius 2 is 2.18 bits per heavy atom. The van der Waals surface area contributed by atoms with E-state index in [-0.39, 0.29) is 0 Å². The number of rotatable bonds is 6. The Morgan fingerprint density at radius 3 is 2.94 bits per heavy atom. The molecule has 0 atom stereocenters. The lowest BCUT2D eigenvalue weighted by Crippen LogP contribution is -2.15. The quantitative estimate of drug-likeness (QED) is 0.792. The fraction of sp³-hybridized carbons (Fsp3) is 0.286. The average molecular weight is 247 g/mol. The van der Waals surface area contributed by atoms with Crippen molar-refractivity contribution in [1.82, 2.24) is 5.32 Å². The molecule has 0 amide bonds. The summed E-state index contributed by atoms with van der Waals surface area (Å²) in [5, 5.41) is 5.55. The topological polar surface area (TPSA) is 21.3 Å². The monoisotopic (exact) mass is 247 g/mol. The summed E-state index contributed by atoms with van der Waals surface area (Å²) in [6, 6.07) is 12.5. The summed E-state index contributed by atoms with van der Waals surface area (Å²) < 4.78 is 5.20. The smallest absolute Gasteiger partial charge is 0.119 e.